The first kappa shape index (κ1) is 20.5. The van der Waals surface area contributed by atoms with Crippen LogP contribution < -0.4 is 0 Å². The highest BCUT2D eigenvalue weighted by Crippen LogP contribution is 2.55. The molecular weight excluding hydrogens is 360 g/mol. The van der Waals surface area contributed by atoms with Crippen molar-refractivity contribution in [3.05, 3.63) is 0 Å². The van der Waals surface area contributed by atoms with Crippen LogP contribution in [0.5, 0.6) is 0 Å². The quantitative estimate of drug-likeness (QED) is 0.257. The predicted molar refractivity (Wildman–Crippen MR) is 70.6 cm³/mol. The van der Waals surface area contributed by atoms with Crippen molar-refractivity contribution >= 4 is 32.8 Å². The summed E-state index contributed by atoms with van der Waals surface area (Å²) in [5.74, 6) is -12.4. The maximum atomic E-state index is 13.3. The second-order valence-corrected chi connectivity index (χ2v) is 6.13. The molecule has 0 radical (unpaired) electrons. The SMILES string of the molecule is CCOP(=O)(OCC)C1OB(OC(=O)C(F)(F)C(=O)OC)OC1=O. The second-order valence-electron chi connectivity index (χ2n) is 4.06. The molecule has 136 valence electrons. The zero-order chi connectivity index (χ0) is 18.5. The first-order chi connectivity index (χ1) is 11.1. The van der Waals surface area contributed by atoms with Gasteiger partial charge in [-0.15, -0.1) is 0 Å². The molecule has 1 rings (SSSR count). The first-order valence-electron chi connectivity index (χ1n) is 6.54. The van der Waals surface area contributed by atoms with Gasteiger partial charge in [0.15, 0.2) is 0 Å². The third-order valence-corrected chi connectivity index (χ3v) is 4.60. The van der Waals surface area contributed by atoms with Crippen LogP contribution >= 0.6 is 7.60 Å². The summed E-state index contributed by atoms with van der Waals surface area (Å²) in [6.45, 7) is 2.69. The van der Waals surface area contributed by atoms with E-state index in [9.17, 15) is 27.7 Å². The smallest absolute Gasteiger partial charge is 0.471 e. The van der Waals surface area contributed by atoms with Gasteiger partial charge in [-0.2, -0.15) is 8.78 Å². The Morgan fingerprint density at radius 3 is 2.25 bits per heavy atom. The third-order valence-electron chi connectivity index (χ3n) is 2.46. The number of ether oxygens (including phenoxy) is 1. The fourth-order valence-electron chi connectivity index (χ4n) is 1.50. The van der Waals surface area contributed by atoms with Gasteiger partial charge < -0.3 is 27.7 Å². The van der Waals surface area contributed by atoms with Gasteiger partial charge >= 0.3 is 38.7 Å². The van der Waals surface area contributed by atoms with E-state index in [1.54, 1.807) is 0 Å². The molecule has 1 unspecified atom stereocenters. The van der Waals surface area contributed by atoms with E-state index < -0.39 is 44.6 Å². The average Bonchev–Trinajstić information content (AvgIpc) is 2.88. The van der Waals surface area contributed by atoms with Crippen LogP contribution in [0.2, 0.25) is 0 Å². The summed E-state index contributed by atoms with van der Waals surface area (Å²) in [6, 6.07) is 0. The lowest BCUT2D eigenvalue weighted by atomic mass is 10.2. The summed E-state index contributed by atoms with van der Waals surface area (Å²) in [6.07, 6.45) is 0. The number of rotatable bonds is 8. The summed E-state index contributed by atoms with van der Waals surface area (Å²) >= 11 is 0. The molecule has 0 aromatic carbocycles. The van der Waals surface area contributed by atoms with E-state index in [4.69, 9.17) is 13.7 Å². The third kappa shape index (κ3) is 4.29. The maximum absolute atomic E-state index is 13.3. The molecule has 0 aliphatic carbocycles. The Labute approximate surface area is 135 Å². The minimum absolute atomic E-state index is 0.116. The van der Waals surface area contributed by atoms with Gasteiger partial charge in [-0.1, -0.05) is 0 Å². The topological polar surface area (TPSA) is 124 Å². The van der Waals surface area contributed by atoms with Crippen LogP contribution in [-0.4, -0.2) is 57.3 Å². The first-order valence-corrected chi connectivity index (χ1v) is 8.15. The molecule has 24 heavy (non-hydrogen) atoms. The van der Waals surface area contributed by atoms with E-state index in [0.29, 0.717) is 7.11 Å². The van der Waals surface area contributed by atoms with Gasteiger partial charge in [-0.05, 0) is 13.8 Å². The fourth-order valence-corrected chi connectivity index (χ4v) is 3.14. The summed E-state index contributed by atoms with van der Waals surface area (Å²) in [5, 5.41) is 0. The molecule has 0 saturated carbocycles. The van der Waals surface area contributed by atoms with Crippen molar-refractivity contribution in [2.75, 3.05) is 20.3 Å². The lowest BCUT2D eigenvalue weighted by Gasteiger charge is -2.19. The Morgan fingerprint density at radius 1 is 1.25 bits per heavy atom. The number of alkyl halides is 2. The molecular formula is C10H14BF2O10P. The Balaban J connectivity index is 2.83. The minimum Gasteiger partial charge on any atom is -0.471 e. The average molecular weight is 374 g/mol. The van der Waals surface area contributed by atoms with Crippen molar-refractivity contribution in [2.24, 2.45) is 0 Å². The van der Waals surface area contributed by atoms with Crippen molar-refractivity contribution in [3.8, 4) is 0 Å². The molecule has 1 aliphatic rings. The van der Waals surface area contributed by atoms with E-state index >= 15 is 0 Å². The van der Waals surface area contributed by atoms with Crippen LogP contribution in [-0.2, 0) is 46.7 Å². The molecule has 1 heterocycles. The molecule has 0 aromatic heterocycles. The zero-order valence-electron chi connectivity index (χ0n) is 12.9. The van der Waals surface area contributed by atoms with Crippen LogP contribution in [0.25, 0.3) is 0 Å². The Hall–Kier alpha value is -1.56. The number of esters is 1. The van der Waals surface area contributed by atoms with Crippen LogP contribution in [0.1, 0.15) is 13.8 Å². The molecule has 0 aromatic rings. The summed E-state index contributed by atoms with van der Waals surface area (Å²) in [4.78, 5) is 33.7. The zero-order valence-corrected chi connectivity index (χ0v) is 13.7. The van der Waals surface area contributed by atoms with Gasteiger partial charge in [0.05, 0.1) is 20.3 Å². The van der Waals surface area contributed by atoms with Gasteiger partial charge in [0.25, 0.3) is 0 Å². The number of hydrogen-bond acceptors (Lipinski definition) is 10. The summed E-state index contributed by atoms with van der Waals surface area (Å²) in [5.41, 5.74) is 0. The minimum atomic E-state index is -4.65. The molecule has 1 aliphatic heterocycles. The monoisotopic (exact) mass is 374 g/mol. The standard InChI is InChI=1S/C10H14BF2O10P/c1-4-19-24(17,20-5-2)7-6(14)21-11(22-7)23-9(16)10(12,13)8(15)18-3/h7H,4-5H2,1-3H3. The molecule has 14 heteroatoms. The van der Waals surface area contributed by atoms with Gasteiger partial charge in [0, 0.05) is 0 Å². The lowest BCUT2D eigenvalue weighted by molar-refractivity contribution is -0.184. The van der Waals surface area contributed by atoms with E-state index in [2.05, 4.69) is 14.0 Å². The molecule has 10 nitrogen and oxygen atoms in total. The summed E-state index contributed by atoms with van der Waals surface area (Å²) in [7, 11) is -5.76. The van der Waals surface area contributed by atoms with Gasteiger partial charge in [0.1, 0.15) is 0 Å². The maximum Gasteiger partial charge on any atom is 0.793 e. The number of methoxy groups -OCH3 is 1. The largest absolute Gasteiger partial charge is 0.793 e. The van der Waals surface area contributed by atoms with Gasteiger partial charge in [0.2, 0.25) is 5.85 Å². The molecule has 1 atom stereocenters. The lowest BCUT2D eigenvalue weighted by Crippen LogP contribution is -2.43. The number of halogens is 2. The molecule has 0 spiro atoms. The molecule has 0 amide bonds. The van der Waals surface area contributed by atoms with E-state index in [0.717, 1.165) is 0 Å². The number of hydrogen-bond donors (Lipinski definition) is 0. The van der Waals surface area contributed by atoms with Crippen molar-refractivity contribution in [2.45, 2.75) is 25.6 Å². The van der Waals surface area contributed by atoms with Crippen LogP contribution in [0.3, 0.4) is 0 Å². The van der Waals surface area contributed by atoms with Crippen LogP contribution in [0, 0.1) is 0 Å². The Kier molecular flexibility index (Phi) is 6.84. The van der Waals surface area contributed by atoms with Gasteiger partial charge in [-0.3, -0.25) is 9.36 Å². The van der Waals surface area contributed by atoms with Gasteiger partial charge in [-0.25, -0.2) is 9.59 Å². The number of carbonyl (C=O) groups excluding carboxylic acids is 3. The molecule has 0 bridgehead atoms. The fraction of sp³-hybridized carbons (Fsp3) is 0.700. The highest BCUT2D eigenvalue weighted by molar-refractivity contribution is 7.55. The highest BCUT2D eigenvalue weighted by Gasteiger charge is 2.59. The Morgan fingerprint density at radius 2 is 1.79 bits per heavy atom. The van der Waals surface area contributed by atoms with E-state index in [1.807, 2.05) is 0 Å². The Bertz CT molecular complexity index is 546. The van der Waals surface area contributed by atoms with E-state index in [-0.39, 0.29) is 13.2 Å². The van der Waals surface area contributed by atoms with E-state index in [1.165, 1.54) is 13.8 Å². The molecule has 1 saturated heterocycles. The molecule has 1 fully saturated rings. The summed E-state index contributed by atoms with van der Waals surface area (Å²) < 4.78 is 65.5. The normalized spacial score (nSPS) is 18.3. The second kappa shape index (κ2) is 8.01. The van der Waals surface area contributed by atoms with Crippen molar-refractivity contribution in [3.63, 3.8) is 0 Å². The van der Waals surface area contributed by atoms with Crippen LogP contribution in [0.4, 0.5) is 8.78 Å². The predicted octanol–water partition coefficient (Wildman–Crippen LogP) is 0.488. The van der Waals surface area contributed by atoms with Crippen molar-refractivity contribution in [1.82, 2.24) is 0 Å². The number of carbonyl (C=O) groups is 3. The highest BCUT2D eigenvalue weighted by atomic mass is 31.2. The van der Waals surface area contributed by atoms with Crippen molar-refractivity contribution in [1.29, 1.82) is 0 Å². The van der Waals surface area contributed by atoms with Crippen LogP contribution in [0.15, 0.2) is 0 Å². The van der Waals surface area contributed by atoms with Crippen molar-refractivity contribution < 1.29 is 55.5 Å². The molecule has 0 N–H and O–H groups in total.